The number of benzene rings is 4. The van der Waals surface area contributed by atoms with Crippen molar-refractivity contribution in [3.05, 3.63) is 115 Å². The molecule has 6 aromatic rings. The van der Waals surface area contributed by atoms with E-state index in [4.69, 9.17) is 14.8 Å². The highest BCUT2D eigenvalue weighted by Gasteiger charge is 2.15. The number of thiazole rings is 1. The molecule has 0 saturated heterocycles. The molecule has 0 bridgehead atoms. The Labute approximate surface area is 194 Å². The van der Waals surface area contributed by atoms with Crippen molar-refractivity contribution < 1.29 is 4.42 Å². The Morgan fingerprint density at radius 3 is 2.06 bits per heavy atom. The van der Waals surface area contributed by atoms with Gasteiger partial charge in [-0.3, -0.25) is 5.41 Å². The Morgan fingerprint density at radius 2 is 1.36 bits per heavy atom. The standard InChI is InChI=1S/C28H19N3OS/c29-27-23(28-30-24-13-7-8-14-26(24)33-28)17-19-15-16-22(18-25(19)32-27)31(20-9-3-1-4-10-20)21-11-5-2-6-12-21/h1-18,29H. The number of aromatic nitrogens is 1. The van der Waals surface area contributed by atoms with E-state index in [2.05, 4.69) is 35.2 Å². The first-order valence-electron chi connectivity index (χ1n) is 10.6. The molecule has 0 radical (unpaired) electrons. The molecule has 4 nitrogen and oxygen atoms in total. The van der Waals surface area contributed by atoms with Crippen molar-refractivity contribution >= 4 is 49.6 Å². The molecule has 2 heterocycles. The summed E-state index contributed by atoms with van der Waals surface area (Å²) < 4.78 is 7.11. The van der Waals surface area contributed by atoms with Crippen LogP contribution in [0.5, 0.6) is 0 Å². The average Bonchev–Trinajstić information content (AvgIpc) is 3.29. The van der Waals surface area contributed by atoms with Crippen LogP contribution in [-0.4, -0.2) is 4.98 Å². The lowest BCUT2D eigenvalue weighted by Crippen LogP contribution is -2.10. The van der Waals surface area contributed by atoms with Gasteiger partial charge in [0.1, 0.15) is 10.6 Å². The maximum atomic E-state index is 8.56. The predicted octanol–water partition coefficient (Wildman–Crippen LogP) is 7.66. The van der Waals surface area contributed by atoms with Crippen LogP contribution >= 0.6 is 11.3 Å². The highest BCUT2D eigenvalue weighted by molar-refractivity contribution is 7.21. The lowest BCUT2D eigenvalue weighted by Gasteiger charge is -2.25. The zero-order chi connectivity index (χ0) is 22.2. The molecule has 0 aliphatic carbocycles. The largest absolute Gasteiger partial charge is 0.438 e. The number of nitrogens with one attached hydrogen (secondary N) is 1. The zero-order valence-corrected chi connectivity index (χ0v) is 18.4. The molecule has 1 N–H and O–H groups in total. The molecule has 0 unspecified atom stereocenters. The van der Waals surface area contributed by atoms with Crippen LogP contribution in [0.1, 0.15) is 0 Å². The van der Waals surface area contributed by atoms with Gasteiger partial charge in [-0.25, -0.2) is 4.98 Å². The molecular formula is C28H19N3OS. The van der Waals surface area contributed by atoms with Gasteiger partial charge in [0.2, 0.25) is 5.55 Å². The minimum atomic E-state index is 0.115. The Balaban J connectivity index is 1.48. The molecule has 5 heteroatoms. The minimum Gasteiger partial charge on any atom is -0.438 e. The second-order valence-electron chi connectivity index (χ2n) is 7.70. The highest BCUT2D eigenvalue weighted by Crippen LogP contribution is 2.36. The Morgan fingerprint density at radius 1 is 0.697 bits per heavy atom. The number of hydrogen-bond acceptors (Lipinski definition) is 5. The first kappa shape index (κ1) is 19.5. The summed E-state index contributed by atoms with van der Waals surface area (Å²) in [5, 5.41) is 10.3. The van der Waals surface area contributed by atoms with E-state index in [0.29, 0.717) is 11.1 Å². The summed E-state index contributed by atoms with van der Waals surface area (Å²) in [5.74, 6) is 0. The number of rotatable bonds is 4. The molecular weight excluding hydrogens is 426 g/mol. The molecule has 0 fully saturated rings. The van der Waals surface area contributed by atoms with Crippen molar-refractivity contribution in [2.45, 2.75) is 0 Å². The smallest absolute Gasteiger partial charge is 0.222 e. The summed E-state index contributed by atoms with van der Waals surface area (Å²) >= 11 is 1.58. The summed E-state index contributed by atoms with van der Waals surface area (Å²) in [6.07, 6.45) is 0. The Bertz CT molecular complexity index is 1570. The van der Waals surface area contributed by atoms with Crippen LogP contribution in [-0.2, 0) is 0 Å². The molecule has 0 aliphatic heterocycles. The molecule has 0 atom stereocenters. The Hall–Kier alpha value is -4.22. The molecule has 0 aliphatic rings. The SMILES string of the molecule is N=c1oc2cc(N(c3ccccc3)c3ccccc3)ccc2cc1-c1nc2ccccc2s1. The van der Waals surface area contributed by atoms with Crippen LogP contribution < -0.4 is 10.5 Å². The molecule has 0 saturated carbocycles. The van der Waals surface area contributed by atoms with E-state index in [1.807, 2.05) is 78.9 Å². The van der Waals surface area contributed by atoms with E-state index in [-0.39, 0.29) is 5.55 Å². The topological polar surface area (TPSA) is 53.1 Å². The van der Waals surface area contributed by atoms with Crippen molar-refractivity contribution in [3.63, 3.8) is 0 Å². The molecule has 4 aromatic carbocycles. The summed E-state index contributed by atoms with van der Waals surface area (Å²) in [6, 6.07) is 36.6. The molecule has 0 spiro atoms. The lowest BCUT2D eigenvalue weighted by molar-refractivity contribution is 0.536. The van der Waals surface area contributed by atoms with Crippen molar-refractivity contribution in [1.82, 2.24) is 4.98 Å². The van der Waals surface area contributed by atoms with Crippen LogP contribution in [0.15, 0.2) is 114 Å². The maximum absolute atomic E-state index is 8.56. The van der Waals surface area contributed by atoms with E-state index in [1.165, 1.54) is 0 Å². The van der Waals surface area contributed by atoms with E-state index < -0.39 is 0 Å². The number of anilines is 3. The first-order valence-corrected chi connectivity index (χ1v) is 11.5. The van der Waals surface area contributed by atoms with Crippen LogP contribution in [0.25, 0.3) is 31.8 Å². The average molecular weight is 446 g/mol. The number of para-hydroxylation sites is 3. The summed E-state index contributed by atoms with van der Waals surface area (Å²) in [7, 11) is 0. The van der Waals surface area contributed by atoms with E-state index >= 15 is 0 Å². The van der Waals surface area contributed by atoms with Crippen molar-refractivity contribution in [1.29, 1.82) is 5.41 Å². The van der Waals surface area contributed by atoms with Crippen molar-refractivity contribution in [2.24, 2.45) is 0 Å². The predicted molar refractivity (Wildman–Crippen MR) is 135 cm³/mol. The highest BCUT2D eigenvalue weighted by atomic mass is 32.1. The molecule has 2 aromatic heterocycles. The van der Waals surface area contributed by atoms with Gasteiger partial charge in [0, 0.05) is 28.5 Å². The van der Waals surface area contributed by atoms with Gasteiger partial charge in [-0.1, -0.05) is 48.5 Å². The van der Waals surface area contributed by atoms with Crippen LogP contribution in [0.4, 0.5) is 17.1 Å². The third-order valence-electron chi connectivity index (χ3n) is 5.56. The van der Waals surface area contributed by atoms with Crippen LogP contribution in [0.3, 0.4) is 0 Å². The van der Waals surface area contributed by atoms with E-state index in [1.54, 1.807) is 11.3 Å². The number of hydrogen-bond donors (Lipinski definition) is 1. The fourth-order valence-electron chi connectivity index (χ4n) is 4.00. The lowest BCUT2D eigenvalue weighted by atomic mass is 10.1. The fraction of sp³-hybridized carbons (Fsp3) is 0. The van der Waals surface area contributed by atoms with Gasteiger partial charge >= 0.3 is 0 Å². The van der Waals surface area contributed by atoms with Gasteiger partial charge in [-0.15, -0.1) is 11.3 Å². The van der Waals surface area contributed by atoms with E-state index in [9.17, 15) is 0 Å². The van der Waals surface area contributed by atoms with Gasteiger partial charge in [0.25, 0.3) is 0 Å². The normalized spacial score (nSPS) is 11.2. The fourth-order valence-corrected chi connectivity index (χ4v) is 4.98. The van der Waals surface area contributed by atoms with Crippen molar-refractivity contribution in [3.8, 4) is 10.6 Å². The Kier molecular flexibility index (Phi) is 4.74. The van der Waals surface area contributed by atoms with Gasteiger partial charge in [-0.05, 0) is 54.6 Å². The second-order valence-corrected chi connectivity index (χ2v) is 8.74. The number of fused-ring (bicyclic) bond motifs is 2. The van der Waals surface area contributed by atoms with Gasteiger partial charge in [0.15, 0.2) is 0 Å². The molecule has 6 rings (SSSR count). The molecule has 33 heavy (non-hydrogen) atoms. The zero-order valence-electron chi connectivity index (χ0n) is 17.6. The molecule has 0 amide bonds. The van der Waals surface area contributed by atoms with Gasteiger partial charge in [-0.2, -0.15) is 0 Å². The third-order valence-corrected chi connectivity index (χ3v) is 6.63. The first-order chi connectivity index (χ1) is 16.3. The van der Waals surface area contributed by atoms with Crippen molar-refractivity contribution in [2.75, 3.05) is 4.90 Å². The quantitative estimate of drug-likeness (QED) is 0.303. The van der Waals surface area contributed by atoms with Gasteiger partial charge in [0.05, 0.1) is 15.8 Å². The summed E-state index contributed by atoms with van der Waals surface area (Å²) in [6.45, 7) is 0. The maximum Gasteiger partial charge on any atom is 0.222 e. The minimum absolute atomic E-state index is 0.115. The van der Waals surface area contributed by atoms with Crippen LogP contribution in [0, 0.1) is 5.41 Å². The van der Waals surface area contributed by atoms with Crippen LogP contribution in [0.2, 0.25) is 0 Å². The summed E-state index contributed by atoms with van der Waals surface area (Å²) in [4.78, 5) is 6.89. The van der Waals surface area contributed by atoms with E-state index in [0.717, 1.165) is 37.7 Å². The number of nitrogens with zero attached hydrogens (tertiary/aromatic N) is 2. The third kappa shape index (κ3) is 3.58. The molecule has 158 valence electrons. The van der Waals surface area contributed by atoms with Gasteiger partial charge < -0.3 is 9.32 Å². The second kappa shape index (κ2) is 8.04. The monoisotopic (exact) mass is 445 g/mol. The summed E-state index contributed by atoms with van der Waals surface area (Å²) in [5.41, 5.74) is 5.51.